The number of phosphoric acid groups is 1. The molecule has 1 unspecified atom stereocenters. The number of fused-ring (bicyclic) bond motifs is 2. The molecular weight excluding hydrogens is 477 g/mol. The fourth-order valence-electron chi connectivity index (χ4n) is 4.45. The minimum Gasteiger partial charge on any atom is -0.462 e. The number of nitrogens with zero attached hydrogens (tertiary/aromatic N) is 3. The van der Waals surface area contributed by atoms with Gasteiger partial charge in [0, 0.05) is 5.92 Å². The van der Waals surface area contributed by atoms with E-state index in [1.54, 1.807) is 35.8 Å². The molecule has 13 heteroatoms. The van der Waals surface area contributed by atoms with Gasteiger partial charge in [-0.2, -0.15) is 4.98 Å². The summed E-state index contributed by atoms with van der Waals surface area (Å²) in [5.74, 6) is -0.758. The molecule has 1 saturated carbocycles. The van der Waals surface area contributed by atoms with Gasteiger partial charge in [0.25, 0.3) is 5.56 Å². The molecule has 1 aliphatic heterocycles. The Bertz CT molecular complexity index is 1420. The fraction of sp³-hybridized carbons (Fsp3) is 0.364. The lowest BCUT2D eigenvalue weighted by molar-refractivity contribution is 0.00626. The molecule has 3 aromatic rings. The van der Waals surface area contributed by atoms with E-state index in [1.807, 2.05) is 0 Å². The van der Waals surface area contributed by atoms with Gasteiger partial charge < -0.3 is 15.0 Å². The van der Waals surface area contributed by atoms with Crippen LogP contribution in [-0.4, -0.2) is 44.8 Å². The number of nitrogens with two attached hydrogens (primary N) is 1. The summed E-state index contributed by atoms with van der Waals surface area (Å²) in [5, 5.41) is 0. The lowest BCUT2D eigenvalue weighted by Gasteiger charge is -2.31. The molecule has 3 heterocycles. The molecule has 1 saturated heterocycles. The molecule has 0 bridgehead atoms. The van der Waals surface area contributed by atoms with Crippen LogP contribution < -0.4 is 11.3 Å². The summed E-state index contributed by atoms with van der Waals surface area (Å²) < 4.78 is 37.0. The first kappa shape index (κ1) is 23.4. The summed E-state index contributed by atoms with van der Waals surface area (Å²) in [4.78, 5) is 35.1. The van der Waals surface area contributed by atoms with Gasteiger partial charge in [0.05, 0.1) is 43.9 Å². The second-order valence-electron chi connectivity index (χ2n) is 8.25. The maximum Gasteiger partial charge on any atom is 0.475 e. The number of ether oxygens (including phenoxy) is 1. The smallest absolute Gasteiger partial charge is 0.462 e. The molecule has 1 aliphatic carbocycles. The van der Waals surface area contributed by atoms with Gasteiger partial charge in [-0.25, -0.2) is 14.3 Å². The van der Waals surface area contributed by atoms with Gasteiger partial charge in [0.2, 0.25) is 5.95 Å². The minimum absolute atomic E-state index is 0.0224. The highest BCUT2D eigenvalue weighted by Crippen LogP contribution is 2.60. The van der Waals surface area contributed by atoms with Crippen LogP contribution in [0, 0.1) is 5.92 Å². The number of imidazole rings is 1. The third kappa shape index (κ3) is 4.30. The first-order valence-electron chi connectivity index (χ1n) is 11.0. The number of carbonyl (C=O) groups is 1. The summed E-state index contributed by atoms with van der Waals surface area (Å²) in [5.41, 5.74) is 7.35. The van der Waals surface area contributed by atoms with Gasteiger partial charge in [-0.15, -0.1) is 0 Å². The van der Waals surface area contributed by atoms with Crippen molar-refractivity contribution in [3.8, 4) is 0 Å². The highest BCUT2D eigenvalue weighted by Gasteiger charge is 2.49. The second-order valence-corrected chi connectivity index (χ2v) is 9.87. The molecule has 2 fully saturated rings. The lowest BCUT2D eigenvalue weighted by Crippen LogP contribution is -2.28. The number of aromatic amines is 1. The number of hydrogen-bond donors (Lipinski definition) is 2. The third-order valence-corrected chi connectivity index (χ3v) is 7.60. The van der Waals surface area contributed by atoms with Crippen molar-refractivity contribution in [2.45, 2.75) is 32.1 Å². The molecule has 5 rings (SSSR count). The van der Waals surface area contributed by atoms with Crippen LogP contribution in [0.25, 0.3) is 11.2 Å². The summed E-state index contributed by atoms with van der Waals surface area (Å²) in [7, 11) is -3.92. The van der Waals surface area contributed by atoms with Crippen molar-refractivity contribution >= 4 is 30.9 Å². The molecule has 35 heavy (non-hydrogen) atoms. The summed E-state index contributed by atoms with van der Waals surface area (Å²) in [6.45, 7) is 6.05. The van der Waals surface area contributed by atoms with E-state index in [1.165, 1.54) is 6.33 Å². The quantitative estimate of drug-likeness (QED) is 0.292. The van der Waals surface area contributed by atoms with Gasteiger partial charge in [0.1, 0.15) is 0 Å². The van der Waals surface area contributed by atoms with Crippen molar-refractivity contribution in [1.82, 2.24) is 19.5 Å². The number of H-pyrrole nitrogens is 1. The number of nitrogens with one attached hydrogen (secondary N) is 1. The van der Waals surface area contributed by atoms with Crippen LogP contribution in [0.1, 0.15) is 35.3 Å². The standard InChI is InChI=1S/C22H24N5O7P/c1-3-31-21(29)14-7-5-4-6-13(14)9-32-35(30)33-10-15-12(2)16(8-17(15)34-35)27-11-24-18-19(27)25-22(23)26-20(18)28/h4-7,11,15-17H,2-3,8-10H2,1H3,(H3,23,25,26,28)/t15-,16-,17-,35?/m0/s1. The van der Waals surface area contributed by atoms with Crippen molar-refractivity contribution < 1.29 is 27.7 Å². The minimum atomic E-state index is -3.92. The molecule has 4 atom stereocenters. The Kier molecular flexibility index (Phi) is 6.06. The number of aromatic nitrogens is 4. The molecule has 0 amide bonds. The average Bonchev–Trinajstić information content (AvgIpc) is 3.38. The summed E-state index contributed by atoms with van der Waals surface area (Å²) >= 11 is 0. The molecule has 2 aliphatic rings. The van der Waals surface area contributed by atoms with Crippen LogP contribution in [-0.2, 0) is 29.5 Å². The predicted octanol–water partition coefficient (Wildman–Crippen LogP) is 2.74. The zero-order valence-electron chi connectivity index (χ0n) is 18.9. The Morgan fingerprint density at radius 3 is 3.00 bits per heavy atom. The van der Waals surface area contributed by atoms with Crippen LogP contribution in [0.4, 0.5) is 5.95 Å². The number of carbonyl (C=O) groups excluding carboxylic acids is 1. The molecule has 1 aromatic carbocycles. The van der Waals surface area contributed by atoms with E-state index in [0.717, 1.165) is 5.57 Å². The largest absolute Gasteiger partial charge is 0.475 e. The van der Waals surface area contributed by atoms with E-state index in [9.17, 15) is 14.2 Å². The van der Waals surface area contributed by atoms with Crippen molar-refractivity contribution in [2.24, 2.45) is 5.92 Å². The monoisotopic (exact) mass is 501 g/mol. The normalized spacial score (nSPS) is 26.1. The van der Waals surface area contributed by atoms with Crippen molar-refractivity contribution in [1.29, 1.82) is 0 Å². The third-order valence-electron chi connectivity index (χ3n) is 6.16. The summed E-state index contributed by atoms with van der Waals surface area (Å²) in [6.07, 6.45) is 1.41. The first-order valence-corrected chi connectivity index (χ1v) is 12.5. The van der Waals surface area contributed by atoms with Crippen LogP contribution >= 0.6 is 7.82 Å². The highest BCUT2D eigenvalue weighted by molar-refractivity contribution is 7.48. The Balaban J connectivity index is 1.32. The lowest BCUT2D eigenvalue weighted by atomic mass is 10.0. The Hall–Kier alpha value is -3.31. The maximum absolute atomic E-state index is 13.3. The van der Waals surface area contributed by atoms with Crippen molar-refractivity contribution in [3.05, 3.63) is 64.2 Å². The Morgan fingerprint density at radius 2 is 2.20 bits per heavy atom. The molecule has 0 spiro atoms. The van der Waals surface area contributed by atoms with E-state index in [0.29, 0.717) is 23.2 Å². The van der Waals surface area contributed by atoms with Crippen LogP contribution in [0.15, 0.2) is 47.5 Å². The van der Waals surface area contributed by atoms with Gasteiger partial charge in [-0.05, 0) is 30.5 Å². The number of hydrogen-bond acceptors (Lipinski definition) is 10. The fourth-order valence-corrected chi connectivity index (χ4v) is 5.86. The zero-order valence-corrected chi connectivity index (χ0v) is 19.8. The molecule has 2 aromatic heterocycles. The molecule has 12 nitrogen and oxygen atoms in total. The summed E-state index contributed by atoms with van der Waals surface area (Å²) in [6, 6.07) is 6.42. The number of rotatable bonds is 6. The van der Waals surface area contributed by atoms with E-state index >= 15 is 0 Å². The number of nitrogen functional groups attached to an aromatic ring is 1. The highest BCUT2D eigenvalue weighted by atomic mass is 31.2. The molecule has 0 radical (unpaired) electrons. The topological polar surface area (TPSA) is 161 Å². The van der Waals surface area contributed by atoms with Gasteiger partial charge in [-0.1, -0.05) is 24.8 Å². The van der Waals surface area contributed by atoms with Crippen LogP contribution in [0.3, 0.4) is 0 Å². The molecule has 3 N–H and O–H groups in total. The number of benzene rings is 1. The van der Waals surface area contributed by atoms with Crippen LogP contribution in [0.2, 0.25) is 0 Å². The number of anilines is 1. The SMILES string of the molecule is C=C1[C@@H]2COP(=O)(OCc3ccccc3C(=O)OCC)O[C@H]2C[C@@H]1n1cnc2c(=O)[nH]c(N)nc21. The van der Waals surface area contributed by atoms with E-state index in [-0.39, 0.29) is 43.2 Å². The molecular formula is C22H24N5O7P. The average molecular weight is 501 g/mol. The van der Waals surface area contributed by atoms with E-state index in [2.05, 4.69) is 21.5 Å². The van der Waals surface area contributed by atoms with Crippen molar-refractivity contribution in [3.63, 3.8) is 0 Å². The van der Waals surface area contributed by atoms with Crippen LogP contribution in [0.5, 0.6) is 0 Å². The van der Waals surface area contributed by atoms with E-state index in [4.69, 9.17) is 24.0 Å². The first-order chi connectivity index (χ1) is 16.8. The number of phosphoric ester groups is 1. The maximum atomic E-state index is 13.3. The Labute approximate surface area is 199 Å². The van der Waals surface area contributed by atoms with Crippen molar-refractivity contribution in [2.75, 3.05) is 18.9 Å². The molecule has 184 valence electrons. The Morgan fingerprint density at radius 1 is 1.40 bits per heavy atom. The second kappa shape index (κ2) is 9.04. The van der Waals surface area contributed by atoms with E-state index < -0.39 is 25.5 Å². The van der Waals surface area contributed by atoms with Gasteiger partial charge in [0.15, 0.2) is 11.2 Å². The predicted molar refractivity (Wildman–Crippen MR) is 124 cm³/mol. The van der Waals surface area contributed by atoms with Gasteiger partial charge >= 0.3 is 13.8 Å². The zero-order chi connectivity index (χ0) is 24.7. The van der Waals surface area contributed by atoms with Gasteiger partial charge in [-0.3, -0.25) is 23.3 Å². The number of esters is 1.